The van der Waals surface area contributed by atoms with Crippen LogP contribution in [0.25, 0.3) is 0 Å². The Balaban J connectivity index is 1.44. The molecule has 0 saturated heterocycles. The van der Waals surface area contributed by atoms with Gasteiger partial charge < -0.3 is 4.74 Å². The van der Waals surface area contributed by atoms with Crippen LogP contribution in [0.3, 0.4) is 0 Å². The number of ether oxygens (including phenoxy) is 1. The smallest absolute Gasteiger partial charge is 0.429 e. The van der Waals surface area contributed by atoms with Gasteiger partial charge in [-0.15, -0.1) is 0 Å². The summed E-state index contributed by atoms with van der Waals surface area (Å²) < 4.78 is 129. The first kappa shape index (κ1) is 29.6. The Morgan fingerprint density at radius 3 is 1.59 bits per heavy atom. The Labute approximate surface area is 221 Å². The molecule has 2 aliphatic carbocycles. The highest BCUT2D eigenvalue weighted by atomic mass is 19.4. The molecule has 2 aromatic rings. The first-order valence-corrected chi connectivity index (χ1v) is 13.4. The number of alkyl halides is 5. The highest BCUT2D eigenvalue weighted by Gasteiger charge is 2.43. The van der Waals surface area contributed by atoms with Crippen LogP contribution in [0.15, 0.2) is 24.3 Å². The first-order valence-electron chi connectivity index (χ1n) is 13.4. The van der Waals surface area contributed by atoms with Crippen LogP contribution in [-0.4, -0.2) is 0 Å². The fourth-order valence-corrected chi connectivity index (χ4v) is 6.47. The second kappa shape index (κ2) is 11.6. The molecule has 0 amide bonds. The van der Waals surface area contributed by atoms with Crippen LogP contribution in [0.2, 0.25) is 0 Å². The van der Waals surface area contributed by atoms with Crippen molar-refractivity contribution in [3.05, 3.63) is 64.2 Å². The molecule has 0 atom stereocenters. The zero-order chi connectivity index (χ0) is 28.5. The SMILES string of the molecule is CCC[C@H]1CC[C@H](C2CCC(c3cc(F)c(C(F)(F)Oc4cc(F)c(C(F)(F)F)c(F)c4)c(F)c3)CC2)CC1. The molecule has 0 N–H and O–H groups in total. The largest absolute Gasteiger partial charge is 0.432 e. The fraction of sp³-hybridized carbons (Fsp3) is 0.586. The molecule has 0 spiro atoms. The van der Waals surface area contributed by atoms with E-state index in [1.165, 1.54) is 38.5 Å². The molecular weight excluding hydrogens is 535 g/mol. The molecule has 1 nitrogen and oxygen atoms in total. The van der Waals surface area contributed by atoms with Crippen LogP contribution in [0.4, 0.5) is 39.5 Å². The lowest BCUT2D eigenvalue weighted by Crippen LogP contribution is -2.27. The highest BCUT2D eigenvalue weighted by molar-refractivity contribution is 5.35. The molecule has 0 aromatic heterocycles. The zero-order valence-corrected chi connectivity index (χ0v) is 21.5. The molecule has 4 rings (SSSR count). The van der Waals surface area contributed by atoms with Crippen LogP contribution in [0.1, 0.15) is 93.7 Å². The second-order valence-electron chi connectivity index (χ2n) is 10.9. The minimum absolute atomic E-state index is 0.112. The van der Waals surface area contributed by atoms with Gasteiger partial charge in [0.15, 0.2) is 0 Å². The van der Waals surface area contributed by atoms with Gasteiger partial charge in [0, 0.05) is 12.1 Å². The molecule has 2 aliphatic rings. The van der Waals surface area contributed by atoms with E-state index in [9.17, 15) is 39.5 Å². The van der Waals surface area contributed by atoms with Crippen molar-refractivity contribution < 1.29 is 44.3 Å². The average molecular weight is 567 g/mol. The summed E-state index contributed by atoms with van der Waals surface area (Å²) in [6.07, 6.45) is 0.271. The Bertz CT molecular complexity index is 1100. The number of benzene rings is 2. The number of hydrogen-bond acceptors (Lipinski definition) is 1. The van der Waals surface area contributed by atoms with Gasteiger partial charge in [0.05, 0.1) is 0 Å². The zero-order valence-electron chi connectivity index (χ0n) is 21.5. The molecule has 0 unspecified atom stereocenters. The summed E-state index contributed by atoms with van der Waals surface area (Å²) in [5, 5.41) is 0. The Morgan fingerprint density at radius 1 is 0.667 bits per heavy atom. The van der Waals surface area contributed by atoms with Crippen molar-refractivity contribution in [2.24, 2.45) is 17.8 Å². The van der Waals surface area contributed by atoms with Crippen molar-refractivity contribution in [2.45, 2.75) is 89.3 Å². The molecule has 0 radical (unpaired) electrons. The van der Waals surface area contributed by atoms with Gasteiger partial charge >= 0.3 is 12.3 Å². The summed E-state index contributed by atoms with van der Waals surface area (Å²) in [6, 6.07) is 1.40. The standard InChI is InChI=1S/C29H31F9O/c1-2-3-16-4-6-17(7-5-16)18-8-10-19(11-9-18)20-12-22(30)27(23(31)13-20)29(37,38)39-21-14-24(32)26(25(33)15-21)28(34,35)36/h12-19H,2-11H2,1H3/t16-,17-,18?,19?. The van der Waals surface area contributed by atoms with Crippen molar-refractivity contribution >= 4 is 0 Å². The summed E-state index contributed by atoms with van der Waals surface area (Å²) in [5.41, 5.74) is -3.84. The van der Waals surface area contributed by atoms with E-state index in [2.05, 4.69) is 11.7 Å². The Morgan fingerprint density at radius 2 is 1.13 bits per heavy atom. The monoisotopic (exact) mass is 566 g/mol. The third-order valence-electron chi connectivity index (χ3n) is 8.40. The summed E-state index contributed by atoms with van der Waals surface area (Å²) in [4.78, 5) is 0. The maximum absolute atomic E-state index is 14.8. The second-order valence-corrected chi connectivity index (χ2v) is 10.9. The van der Waals surface area contributed by atoms with Gasteiger partial charge in [-0.1, -0.05) is 32.6 Å². The van der Waals surface area contributed by atoms with Gasteiger partial charge in [-0.05, 0) is 79.9 Å². The van der Waals surface area contributed by atoms with E-state index in [0.717, 1.165) is 30.9 Å². The predicted octanol–water partition coefficient (Wildman–Crippen LogP) is 10.3. The highest BCUT2D eigenvalue weighted by Crippen LogP contribution is 2.46. The molecule has 2 saturated carbocycles. The third-order valence-corrected chi connectivity index (χ3v) is 8.40. The lowest BCUT2D eigenvalue weighted by Gasteiger charge is -2.38. The van der Waals surface area contributed by atoms with Crippen molar-refractivity contribution in [3.8, 4) is 5.75 Å². The summed E-state index contributed by atoms with van der Waals surface area (Å²) in [7, 11) is 0. The molecule has 216 valence electrons. The number of hydrogen-bond donors (Lipinski definition) is 0. The minimum Gasteiger partial charge on any atom is -0.429 e. The fourth-order valence-electron chi connectivity index (χ4n) is 6.47. The molecular formula is C29H31F9O. The normalized spacial score (nSPS) is 24.6. The van der Waals surface area contributed by atoms with Crippen LogP contribution in [0.5, 0.6) is 5.75 Å². The van der Waals surface area contributed by atoms with Gasteiger partial charge in [-0.2, -0.15) is 22.0 Å². The van der Waals surface area contributed by atoms with E-state index in [-0.39, 0.29) is 23.6 Å². The van der Waals surface area contributed by atoms with Crippen LogP contribution in [0, 0.1) is 41.0 Å². The van der Waals surface area contributed by atoms with E-state index >= 15 is 0 Å². The van der Waals surface area contributed by atoms with Gasteiger partial charge in [-0.3, -0.25) is 0 Å². The van der Waals surface area contributed by atoms with Gasteiger partial charge in [0.1, 0.15) is 40.1 Å². The van der Waals surface area contributed by atoms with Gasteiger partial charge in [-0.25, -0.2) is 17.6 Å². The van der Waals surface area contributed by atoms with E-state index in [0.29, 0.717) is 24.7 Å². The van der Waals surface area contributed by atoms with Crippen LogP contribution < -0.4 is 4.74 Å². The van der Waals surface area contributed by atoms with Crippen molar-refractivity contribution in [3.63, 3.8) is 0 Å². The van der Waals surface area contributed by atoms with E-state index in [4.69, 9.17) is 0 Å². The molecule has 39 heavy (non-hydrogen) atoms. The van der Waals surface area contributed by atoms with E-state index in [1.54, 1.807) is 0 Å². The lowest BCUT2D eigenvalue weighted by molar-refractivity contribution is -0.189. The average Bonchev–Trinajstić information content (AvgIpc) is 2.82. The van der Waals surface area contributed by atoms with Crippen molar-refractivity contribution in [1.29, 1.82) is 0 Å². The predicted molar refractivity (Wildman–Crippen MR) is 127 cm³/mol. The maximum atomic E-state index is 14.8. The van der Waals surface area contributed by atoms with Crippen LogP contribution in [-0.2, 0) is 12.3 Å². The topological polar surface area (TPSA) is 9.23 Å². The van der Waals surface area contributed by atoms with E-state index in [1.807, 2.05) is 0 Å². The molecule has 0 aliphatic heterocycles. The maximum Gasteiger partial charge on any atom is 0.432 e. The van der Waals surface area contributed by atoms with Crippen molar-refractivity contribution in [2.75, 3.05) is 0 Å². The molecule has 2 aromatic carbocycles. The van der Waals surface area contributed by atoms with E-state index < -0.39 is 52.4 Å². The Hall–Kier alpha value is -2.39. The van der Waals surface area contributed by atoms with Gasteiger partial charge in [0.25, 0.3) is 0 Å². The van der Waals surface area contributed by atoms with Gasteiger partial charge in [0.2, 0.25) is 0 Å². The third kappa shape index (κ3) is 6.68. The summed E-state index contributed by atoms with van der Waals surface area (Å²) in [6.45, 7) is 2.20. The molecule has 0 heterocycles. The number of rotatable bonds is 7. The van der Waals surface area contributed by atoms with Crippen LogP contribution >= 0.6 is 0 Å². The number of halogens is 9. The minimum atomic E-state index is -5.42. The lowest BCUT2D eigenvalue weighted by atomic mass is 9.68. The molecule has 10 heteroatoms. The quantitative estimate of drug-likeness (QED) is 0.303. The van der Waals surface area contributed by atoms with Crippen molar-refractivity contribution in [1.82, 2.24) is 0 Å². The summed E-state index contributed by atoms with van der Waals surface area (Å²) in [5.74, 6) is -7.20. The summed E-state index contributed by atoms with van der Waals surface area (Å²) >= 11 is 0. The molecule has 2 fully saturated rings. The molecule has 0 bridgehead atoms. The first-order chi connectivity index (χ1) is 18.3. The Kier molecular flexibility index (Phi) is 8.81.